The highest BCUT2D eigenvalue weighted by molar-refractivity contribution is 5.91. The fourth-order valence-electron chi connectivity index (χ4n) is 2.35. The van der Waals surface area contributed by atoms with Crippen LogP contribution in [-0.2, 0) is 12.8 Å². The number of benzene rings is 1. The maximum atomic E-state index is 11.4. The van der Waals surface area contributed by atoms with E-state index in [4.69, 9.17) is 0 Å². The van der Waals surface area contributed by atoms with Crippen LogP contribution in [0.15, 0.2) is 12.1 Å². The lowest BCUT2D eigenvalue weighted by atomic mass is 9.90. The lowest BCUT2D eigenvalue weighted by molar-refractivity contribution is 0.0694. The Morgan fingerprint density at radius 3 is 2.28 bits per heavy atom. The summed E-state index contributed by atoms with van der Waals surface area (Å²) in [6, 6.07) is 4.06. The summed E-state index contributed by atoms with van der Waals surface area (Å²) in [5.74, 6) is -0.781. The van der Waals surface area contributed by atoms with Crippen LogP contribution in [0.2, 0.25) is 0 Å². The summed E-state index contributed by atoms with van der Waals surface area (Å²) < 4.78 is 0. The second kappa shape index (κ2) is 7.20. The number of hydrogen-bond donors (Lipinski definition) is 1. The van der Waals surface area contributed by atoms with Gasteiger partial charge in [-0.25, -0.2) is 4.79 Å². The SMILES string of the molecule is CCCCc1ccc(C)c(C(=O)O)c1CCCC. The van der Waals surface area contributed by atoms with Crippen molar-refractivity contribution in [3.63, 3.8) is 0 Å². The molecule has 0 bridgehead atoms. The first-order valence-electron chi connectivity index (χ1n) is 6.96. The molecule has 2 nitrogen and oxygen atoms in total. The quantitative estimate of drug-likeness (QED) is 0.777. The maximum Gasteiger partial charge on any atom is 0.336 e. The minimum Gasteiger partial charge on any atom is -0.478 e. The molecule has 0 unspecified atom stereocenters. The molecule has 1 aromatic rings. The Morgan fingerprint density at radius 1 is 1.11 bits per heavy atom. The number of aromatic carboxylic acids is 1. The van der Waals surface area contributed by atoms with E-state index in [1.165, 1.54) is 5.56 Å². The highest BCUT2D eigenvalue weighted by atomic mass is 16.4. The smallest absolute Gasteiger partial charge is 0.336 e. The molecule has 0 fully saturated rings. The van der Waals surface area contributed by atoms with Gasteiger partial charge in [0.2, 0.25) is 0 Å². The van der Waals surface area contributed by atoms with Crippen molar-refractivity contribution in [3.8, 4) is 0 Å². The summed E-state index contributed by atoms with van der Waals surface area (Å²) in [7, 11) is 0. The Hall–Kier alpha value is -1.31. The minimum absolute atomic E-state index is 0.539. The van der Waals surface area contributed by atoms with Crippen LogP contribution in [0, 0.1) is 6.92 Å². The zero-order chi connectivity index (χ0) is 13.5. The van der Waals surface area contributed by atoms with E-state index in [-0.39, 0.29) is 0 Å². The fraction of sp³-hybridized carbons (Fsp3) is 0.562. The summed E-state index contributed by atoms with van der Waals surface area (Å²) in [4.78, 5) is 11.4. The molecule has 0 saturated heterocycles. The van der Waals surface area contributed by atoms with Crippen LogP contribution < -0.4 is 0 Å². The number of hydrogen-bond acceptors (Lipinski definition) is 1. The van der Waals surface area contributed by atoms with Crippen molar-refractivity contribution in [2.75, 3.05) is 0 Å². The summed E-state index contributed by atoms with van der Waals surface area (Å²) in [6.07, 6.45) is 6.31. The van der Waals surface area contributed by atoms with Gasteiger partial charge in [0.15, 0.2) is 0 Å². The Labute approximate surface area is 110 Å². The Balaban J connectivity index is 3.16. The van der Waals surface area contributed by atoms with Gasteiger partial charge in [-0.05, 0) is 49.3 Å². The van der Waals surface area contributed by atoms with Crippen molar-refractivity contribution >= 4 is 5.97 Å². The van der Waals surface area contributed by atoms with Gasteiger partial charge in [-0.3, -0.25) is 0 Å². The number of rotatable bonds is 7. The molecule has 0 aromatic heterocycles. The molecule has 1 rings (SSSR count). The molecule has 0 spiro atoms. The molecule has 0 radical (unpaired) electrons. The standard InChI is InChI=1S/C16H24O2/c1-4-6-8-13-11-10-12(3)15(16(17)18)14(13)9-7-5-2/h10-11H,4-9H2,1-3H3,(H,17,18). The van der Waals surface area contributed by atoms with Crippen LogP contribution in [0.3, 0.4) is 0 Å². The lowest BCUT2D eigenvalue weighted by Gasteiger charge is -2.14. The number of aryl methyl sites for hydroxylation is 2. The van der Waals surface area contributed by atoms with Gasteiger partial charge in [0.25, 0.3) is 0 Å². The van der Waals surface area contributed by atoms with Crippen molar-refractivity contribution in [2.24, 2.45) is 0 Å². The summed E-state index contributed by atoms with van der Waals surface area (Å²) in [5, 5.41) is 9.40. The van der Waals surface area contributed by atoms with Gasteiger partial charge in [0, 0.05) is 0 Å². The summed E-state index contributed by atoms with van der Waals surface area (Å²) in [6.45, 7) is 6.20. The van der Waals surface area contributed by atoms with E-state index in [1.54, 1.807) is 0 Å². The second-order valence-electron chi connectivity index (χ2n) is 4.91. The van der Waals surface area contributed by atoms with Crippen molar-refractivity contribution in [1.29, 1.82) is 0 Å². The van der Waals surface area contributed by atoms with E-state index in [1.807, 2.05) is 13.0 Å². The molecule has 100 valence electrons. The third-order valence-electron chi connectivity index (χ3n) is 3.41. The van der Waals surface area contributed by atoms with E-state index >= 15 is 0 Å². The monoisotopic (exact) mass is 248 g/mol. The fourth-order valence-corrected chi connectivity index (χ4v) is 2.35. The molecule has 0 atom stereocenters. The number of carboxylic acids is 1. The number of unbranched alkanes of at least 4 members (excludes halogenated alkanes) is 2. The number of carbonyl (C=O) groups is 1. The van der Waals surface area contributed by atoms with Crippen LogP contribution >= 0.6 is 0 Å². The van der Waals surface area contributed by atoms with Gasteiger partial charge < -0.3 is 5.11 Å². The molecular formula is C16H24O2. The largest absolute Gasteiger partial charge is 0.478 e. The first-order chi connectivity index (χ1) is 8.61. The summed E-state index contributed by atoms with van der Waals surface area (Å²) >= 11 is 0. The molecule has 18 heavy (non-hydrogen) atoms. The Kier molecular flexibility index (Phi) is 5.90. The highest BCUT2D eigenvalue weighted by Gasteiger charge is 2.16. The van der Waals surface area contributed by atoms with Crippen LogP contribution in [-0.4, -0.2) is 11.1 Å². The first-order valence-corrected chi connectivity index (χ1v) is 6.96. The van der Waals surface area contributed by atoms with Gasteiger partial charge in [-0.1, -0.05) is 38.8 Å². The molecule has 0 amide bonds. The van der Waals surface area contributed by atoms with Crippen molar-refractivity contribution in [3.05, 3.63) is 34.4 Å². The highest BCUT2D eigenvalue weighted by Crippen LogP contribution is 2.23. The third-order valence-corrected chi connectivity index (χ3v) is 3.41. The zero-order valence-electron chi connectivity index (χ0n) is 11.8. The van der Waals surface area contributed by atoms with E-state index in [0.717, 1.165) is 49.7 Å². The van der Waals surface area contributed by atoms with Crippen LogP contribution in [0.1, 0.15) is 66.6 Å². The third kappa shape index (κ3) is 3.59. The van der Waals surface area contributed by atoms with Crippen LogP contribution in [0.25, 0.3) is 0 Å². The first kappa shape index (κ1) is 14.7. The van der Waals surface area contributed by atoms with Gasteiger partial charge in [0.05, 0.1) is 5.56 Å². The molecule has 0 aliphatic rings. The molecule has 0 saturated carbocycles. The molecule has 0 heterocycles. The van der Waals surface area contributed by atoms with E-state index in [0.29, 0.717) is 5.56 Å². The van der Waals surface area contributed by atoms with E-state index in [2.05, 4.69) is 19.9 Å². The zero-order valence-corrected chi connectivity index (χ0v) is 11.8. The molecule has 0 aliphatic carbocycles. The lowest BCUT2D eigenvalue weighted by Crippen LogP contribution is -2.09. The average molecular weight is 248 g/mol. The molecule has 1 N–H and O–H groups in total. The average Bonchev–Trinajstić information content (AvgIpc) is 2.34. The van der Waals surface area contributed by atoms with Crippen molar-refractivity contribution in [2.45, 2.75) is 59.3 Å². The summed E-state index contributed by atoms with van der Waals surface area (Å²) in [5.41, 5.74) is 3.72. The Morgan fingerprint density at radius 2 is 1.72 bits per heavy atom. The topological polar surface area (TPSA) is 37.3 Å². The van der Waals surface area contributed by atoms with Gasteiger partial charge in [0.1, 0.15) is 0 Å². The molecular weight excluding hydrogens is 224 g/mol. The van der Waals surface area contributed by atoms with Gasteiger partial charge in [-0.15, -0.1) is 0 Å². The second-order valence-corrected chi connectivity index (χ2v) is 4.91. The predicted molar refractivity (Wildman–Crippen MR) is 75.4 cm³/mol. The maximum absolute atomic E-state index is 11.4. The molecule has 0 aliphatic heterocycles. The van der Waals surface area contributed by atoms with Crippen LogP contribution in [0.4, 0.5) is 0 Å². The van der Waals surface area contributed by atoms with E-state index < -0.39 is 5.97 Å². The van der Waals surface area contributed by atoms with Gasteiger partial charge >= 0.3 is 5.97 Å². The number of carboxylic acid groups (broad SMARTS) is 1. The van der Waals surface area contributed by atoms with Gasteiger partial charge in [-0.2, -0.15) is 0 Å². The Bertz CT molecular complexity index is 408. The predicted octanol–water partition coefficient (Wildman–Crippen LogP) is 4.38. The van der Waals surface area contributed by atoms with Crippen molar-refractivity contribution < 1.29 is 9.90 Å². The van der Waals surface area contributed by atoms with E-state index in [9.17, 15) is 9.90 Å². The minimum atomic E-state index is -0.781. The molecule has 2 heteroatoms. The van der Waals surface area contributed by atoms with Crippen molar-refractivity contribution in [1.82, 2.24) is 0 Å². The molecule has 1 aromatic carbocycles. The van der Waals surface area contributed by atoms with Crippen LogP contribution in [0.5, 0.6) is 0 Å². The normalized spacial score (nSPS) is 10.6.